The second kappa shape index (κ2) is 8.55. The Kier molecular flexibility index (Phi) is 5.85. The average molecular weight is 458 g/mol. The van der Waals surface area contributed by atoms with Crippen molar-refractivity contribution in [3.05, 3.63) is 48.5 Å². The molecule has 0 radical (unpaired) electrons. The quantitative estimate of drug-likeness (QED) is 0.286. The Morgan fingerprint density at radius 2 is 1.38 bits per heavy atom. The van der Waals surface area contributed by atoms with E-state index in [2.05, 4.69) is 66.1 Å². The van der Waals surface area contributed by atoms with E-state index in [0.29, 0.717) is 12.0 Å². The van der Waals surface area contributed by atoms with Gasteiger partial charge in [0.2, 0.25) is 0 Å². The number of hydrogen-bond donors (Lipinski definition) is 0. The third kappa shape index (κ3) is 4.35. The Balaban J connectivity index is 1.44. The molecule has 29 heavy (non-hydrogen) atoms. The fraction of sp³-hybridized carbons (Fsp3) is 0.364. The average Bonchev–Trinajstić information content (AvgIpc) is 3.30. The molecule has 3 nitrogen and oxygen atoms in total. The largest absolute Gasteiger partial charge is 0.228 e. The molecule has 0 amide bonds. The Morgan fingerprint density at radius 3 is 1.90 bits per heavy atom. The van der Waals surface area contributed by atoms with Crippen LogP contribution in [0.4, 0.5) is 0 Å². The molecule has 5 rings (SSSR count). The SMILES string of the molecule is CC1CCC(N(Sc2nc3ccccc3s2)Sc2nc3ccccc3s2)C(C)C1. The highest BCUT2D eigenvalue weighted by molar-refractivity contribution is 8.13. The first-order valence-corrected chi connectivity index (χ1v) is 13.2. The van der Waals surface area contributed by atoms with Gasteiger partial charge in [0.25, 0.3) is 0 Å². The van der Waals surface area contributed by atoms with E-state index in [1.54, 1.807) is 46.6 Å². The fourth-order valence-electron chi connectivity index (χ4n) is 4.05. The number of hydrogen-bond acceptors (Lipinski definition) is 7. The van der Waals surface area contributed by atoms with Crippen molar-refractivity contribution < 1.29 is 0 Å². The number of rotatable bonds is 5. The van der Waals surface area contributed by atoms with E-state index < -0.39 is 0 Å². The number of nitrogens with zero attached hydrogens (tertiary/aromatic N) is 3. The molecule has 3 atom stereocenters. The molecule has 0 aliphatic heterocycles. The van der Waals surface area contributed by atoms with Gasteiger partial charge in [-0.3, -0.25) is 0 Å². The highest BCUT2D eigenvalue weighted by atomic mass is 32.2. The molecule has 0 N–H and O–H groups in total. The van der Waals surface area contributed by atoms with Crippen molar-refractivity contribution in [1.82, 2.24) is 13.7 Å². The molecule has 1 fully saturated rings. The Bertz CT molecular complexity index is 979. The molecule has 0 bridgehead atoms. The summed E-state index contributed by atoms with van der Waals surface area (Å²) in [5.74, 6) is 1.49. The van der Waals surface area contributed by atoms with Crippen molar-refractivity contribution in [1.29, 1.82) is 0 Å². The van der Waals surface area contributed by atoms with E-state index in [9.17, 15) is 0 Å². The standard InChI is InChI=1S/C22H23N3S4/c1-14-11-12-18(15(2)13-14)25(28-21-23-16-7-3-5-9-19(16)26-21)29-22-24-17-8-4-6-10-20(17)27-22/h3-10,14-15,18H,11-13H2,1-2H3. The molecule has 150 valence electrons. The van der Waals surface area contributed by atoms with E-state index >= 15 is 0 Å². The van der Waals surface area contributed by atoms with Crippen LogP contribution in [-0.4, -0.2) is 19.7 Å². The van der Waals surface area contributed by atoms with Gasteiger partial charge in [0.05, 0.1) is 20.4 Å². The van der Waals surface area contributed by atoms with Crippen LogP contribution in [0.3, 0.4) is 0 Å². The summed E-state index contributed by atoms with van der Waals surface area (Å²) >= 11 is 7.18. The number of fused-ring (bicyclic) bond motifs is 2. The van der Waals surface area contributed by atoms with Crippen molar-refractivity contribution in [2.24, 2.45) is 11.8 Å². The van der Waals surface area contributed by atoms with Gasteiger partial charge in [0.15, 0.2) is 8.68 Å². The summed E-state index contributed by atoms with van der Waals surface area (Å²) in [4.78, 5) is 9.76. The van der Waals surface area contributed by atoms with E-state index in [0.717, 1.165) is 25.6 Å². The van der Waals surface area contributed by atoms with Gasteiger partial charge in [-0.25, -0.2) is 9.97 Å². The van der Waals surface area contributed by atoms with E-state index in [4.69, 9.17) is 9.97 Å². The van der Waals surface area contributed by atoms with Crippen LogP contribution in [0.5, 0.6) is 0 Å². The zero-order chi connectivity index (χ0) is 19.8. The first-order chi connectivity index (χ1) is 14.2. The van der Waals surface area contributed by atoms with Crippen LogP contribution in [0.15, 0.2) is 57.2 Å². The molecule has 2 aromatic heterocycles. The van der Waals surface area contributed by atoms with E-state index in [1.165, 1.54) is 28.7 Å². The van der Waals surface area contributed by atoms with Crippen LogP contribution in [0.25, 0.3) is 20.4 Å². The minimum Gasteiger partial charge on any atom is -0.228 e. The summed E-state index contributed by atoms with van der Waals surface area (Å²) in [6, 6.07) is 17.4. The van der Waals surface area contributed by atoms with E-state index in [1.807, 2.05) is 0 Å². The molecule has 7 heteroatoms. The summed E-state index contributed by atoms with van der Waals surface area (Å²) in [7, 11) is 0. The highest BCUT2D eigenvalue weighted by Gasteiger charge is 2.33. The van der Waals surface area contributed by atoms with Gasteiger partial charge in [0, 0.05) is 29.9 Å². The molecule has 0 spiro atoms. The summed E-state index contributed by atoms with van der Waals surface area (Å²) in [5.41, 5.74) is 2.19. The van der Waals surface area contributed by atoms with Crippen LogP contribution >= 0.6 is 46.6 Å². The minimum absolute atomic E-state index is 0.528. The lowest BCUT2D eigenvalue weighted by molar-refractivity contribution is 0.217. The summed E-state index contributed by atoms with van der Waals surface area (Å²) in [6.45, 7) is 4.80. The molecule has 1 aliphatic carbocycles. The Labute approximate surface area is 188 Å². The van der Waals surface area contributed by atoms with Gasteiger partial charge in [-0.05, 0) is 55.4 Å². The molecule has 2 aromatic carbocycles. The normalized spacial score (nSPS) is 22.7. The minimum atomic E-state index is 0.528. The monoisotopic (exact) mass is 457 g/mol. The lowest BCUT2D eigenvalue weighted by atomic mass is 9.80. The zero-order valence-corrected chi connectivity index (χ0v) is 19.7. The maximum Gasteiger partial charge on any atom is 0.167 e. The van der Waals surface area contributed by atoms with Crippen molar-refractivity contribution in [2.75, 3.05) is 0 Å². The Morgan fingerprint density at radius 1 is 0.828 bits per heavy atom. The number of thiazole rings is 2. The van der Waals surface area contributed by atoms with Gasteiger partial charge < -0.3 is 0 Å². The molecule has 1 saturated carbocycles. The van der Waals surface area contributed by atoms with Crippen molar-refractivity contribution >= 4 is 67.0 Å². The van der Waals surface area contributed by atoms with Crippen LogP contribution in [-0.2, 0) is 0 Å². The number of aromatic nitrogens is 2. The van der Waals surface area contributed by atoms with Crippen molar-refractivity contribution in [2.45, 2.75) is 47.8 Å². The van der Waals surface area contributed by atoms with E-state index in [-0.39, 0.29) is 0 Å². The molecule has 4 aromatic rings. The fourth-order valence-corrected chi connectivity index (χ4v) is 9.10. The Hall–Kier alpha value is -1.12. The van der Waals surface area contributed by atoms with Gasteiger partial charge in [-0.1, -0.05) is 38.1 Å². The summed E-state index contributed by atoms with van der Waals surface area (Å²) in [5, 5.41) is 0. The highest BCUT2D eigenvalue weighted by Crippen LogP contribution is 2.46. The molecule has 0 saturated heterocycles. The third-order valence-corrected chi connectivity index (χ3v) is 9.99. The third-order valence-electron chi connectivity index (χ3n) is 5.54. The smallest absolute Gasteiger partial charge is 0.167 e. The van der Waals surface area contributed by atoms with Crippen molar-refractivity contribution in [3.63, 3.8) is 0 Å². The van der Waals surface area contributed by atoms with Crippen molar-refractivity contribution in [3.8, 4) is 0 Å². The second-order valence-corrected chi connectivity index (χ2v) is 12.6. The van der Waals surface area contributed by atoms with Gasteiger partial charge >= 0.3 is 0 Å². The van der Waals surface area contributed by atoms with Gasteiger partial charge in [0.1, 0.15) is 0 Å². The van der Waals surface area contributed by atoms with Gasteiger partial charge in [-0.15, -0.1) is 22.7 Å². The van der Waals surface area contributed by atoms with Crippen LogP contribution in [0, 0.1) is 11.8 Å². The lowest BCUT2D eigenvalue weighted by Crippen LogP contribution is -2.35. The summed E-state index contributed by atoms with van der Waals surface area (Å²) < 4.78 is 7.23. The summed E-state index contributed by atoms with van der Waals surface area (Å²) in [6.07, 6.45) is 3.83. The molecular formula is C22H23N3S4. The molecule has 1 aliphatic rings. The maximum absolute atomic E-state index is 4.88. The number of para-hydroxylation sites is 2. The lowest BCUT2D eigenvalue weighted by Gasteiger charge is -2.38. The topological polar surface area (TPSA) is 29.0 Å². The second-order valence-electron chi connectivity index (χ2n) is 7.83. The zero-order valence-electron chi connectivity index (χ0n) is 16.4. The molecular weight excluding hydrogens is 435 g/mol. The maximum atomic E-state index is 4.88. The first-order valence-electron chi connectivity index (χ1n) is 10.0. The van der Waals surface area contributed by atoms with Gasteiger partial charge in [-0.2, -0.15) is 3.71 Å². The number of benzene rings is 2. The molecule has 3 unspecified atom stereocenters. The molecule has 2 heterocycles. The predicted octanol–water partition coefficient (Wildman–Crippen LogP) is 7.75. The van der Waals surface area contributed by atoms with Crippen LogP contribution < -0.4 is 0 Å². The predicted molar refractivity (Wildman–Crippen MR) is 129 cm³/mol. The first kappa shape index (κ1) is 19.8. The van der Waals surface area contributed by atoms with Crippen LogP contribution in [0.2, 0.25) is 0 Å². The van der Waals surface area contributed by atoms with Crippen LogP contribution in [0.1, 0.15) is 33.1 Å².